The first kappa shape index (κ1) is 13.7. The summed E-state index contributed by atoms with van der Waals surface area (Å²) in [4.78, 5) is 5.32. The molecule has 0 spiro atoms. The molecule has 1 aromatic carbocycles. The maximum Gasteiger partial charge on any atom is 0.387 e. The van der Waals surface area contributed by atoms with Gasteiger partial charge in [0, 0.05) is 16.6 Å². The van der Waals surface area contributed by atoms with Crippen LogP contribution >= 0.6 is 11.3 Å². The van der Waals surface area contributed by atoms with Gasteiger partial charge in [0.25, 0.3) is 0 Å². The van der Waals surface area contributed by atoms with E-state index in [1.54, 1.807) is 29.0 Å². The number of hydrogen-bond donors (Lipinski definition) is 1. The average Bonchev–Trinajstić information content (AvgIpc) is 2.75. The van der Waals surface area contributed by atoms with Crippen LogP contribution in [-0.4, -0.2) is 11.6 Å². The molecular weight excluding hydrogens is 270 g/mol. The second-order valence-electron chi connectivity index (χ2n) is 4.07. The Morgan fingerprint density at radius 2 is 2.16 bits per heavy atom. The number of aromatic nitrogens is 1. The molecule has 19 heavy (non-hydrogen) atoms. The van der Waals surface area contributed by atoms with Crippen LogP contribution < -0.4 is 10.1 Å². The van der Waals surface area contributed by atoms with Gasteiger partial charge in [-0.2, -0.15) is 8.78 Å². The molecule has 0 radical (unpaired) electrons. The van der Waals surface area contributed by atoms with Gasteiger partial charge in [0.1, 0.15) is 5.75 Å². The summed E-state index contributed by atoms with van der Waals surface area (Å²) in [7, 11) is 0. The van der Waals surface area contributed by atoms with Crippen LogP contribution in [0.2, 0.25) is 0 Å². The number of halogens is 2. The van der Waals surface area contributed by atoms with E-state index in [1.165, 1.54) is 6.07 Å². The Balaban J connectivity index is 2.09. The Morgan fingerprint density at radius 3 is 2.79 bits per heavy atom. The number of rotatable bonds is 5. The summed E-state index contributed by atoms with van der Waals surface area (Å²) in [5.74, 6) is 0.147. The van der Waals surface area contributed by atoms with Crippen molar-refractivity contribution in [2.45, 2.75) is 26.5 Å². The predicted molar refractivity (Wildman–Crippen MR) is 72.0 cm³/mol. The fourth-order valence-corrected chi connectivity index (χ4v) is 2.61. The summed E-state index contributed by atoms with van der Waals surface area (Å²) in [6, 6.07) is 6.60. The van der Waals surface area contributed by atoms with Crippen LogP contribution in [0, 0.1) is 6.92 Å². The van der Waals surface area contributed by atoms with Gasteiger partial charge in [-0.15, -0.1) is 11.3 Å². The van der Waals surface area contributed by atoms with Crippen LogP contribution in [0.5, 0.6) is 5.75 Å². The fraction of sp³-hybridized carbons (Fsp3) is 0.308. The number of ether oxygens (including phenoxy) is 1. The lowest BCUT2D eigenvalue weighted by molar-refractivity contribution is -0.0498. The smallest absolute Gasteiger partial charge is 0.387 e. The van der Waals surface area contributed by atoms with Crippen molar-refractivity contribution in [2.75, 3.05) is 5.32 Å². The maximum atomic E-state index is 12.1. The SMILES string of the molecule is Cc1ncsc1C(C)Nc1cccc(OC(F)F)c1. The minimum atomic E-state index is -2.81. The zero-order chi connectivity index (χ0) is 13.8. The van der Waals surface area contributed by atoms with Crippen molar-refractivity contribution in [2.24, 2.45) is 0 Å². The lowest BCUT2D eigenvalue weighted by Gasteiger charge is -2.15. The largest absolute Gasteiger partial charge is 0.435 e. The standard InChI is InChI=1S/C13H14F2N2OS/c1-8-12(19-7-16-8)9(2)17-10-4-3-5-11(6-10)18-13(14)15/h3-7,9,13,17H,1-2H3. The van der Waals surface area contributed by atoms with Gasteiger partial charge in [0.05, 0.1) is 17.2 Å². The lowest BCUT2D eigenvalue weighted by Crippen LogP contribution is -2.07. The van der Waals surface area contributed by atoms with Crippen molar-refractivity contribution in [1.29, 1.82) is 0 Å². The van der Waals surface area contributed by atoms with Gasteiger partial charge < -0.3 is 10.1 Å². The topological polar surface area (TPSA) is 34.2 Å². The van der Waals surface area contributed by atoms with Crippen LogP contribution in [0.4, 0.5) is 14.5 Å². The van der Waals surface area contributed by atoms with Crippen molar-refractivity contribution < 1.29 is 13.5 Å². The highest BCUT2D eigenvalue weighted by atomic mass is 32.1. The Bertz CT molecular complexity index is 545. The van der Waals surface area contributed by atoms with E-state index >= 15 is 0 Å². The molecule has 2 rings (SSSR count). The molecule has 1 aromatic heterocycles. The van der Waals surface area contributed by atoms with Crippen LogP contribution in [-0.2, 0) is 0 Å². The molecule has 1 atom stereocenters. The predicted octanol–water partition coefficient (Wildman–Crippen LogP) is 4.23. The molecule has 0 saturated carbocycles. The highest BCUT2D eigenvalue weighted by molar-refractivity contribution is 7.09. The van der Waals surface area contributed by atoms with E-state index in [9.17, 15) is 8.78 Å². The quantitative estimate of drug-likeness (QED) is 0.892. The molecule has 0 bridgehead atoms. The summed E-state index contributed by atoms with van der Waals surface area (Å²) in [6.45, 7) is 1.14. The Labute approximate surface area is 114 Å². The minimum absolute atomic E-state index is 0.0642. The summed E-state index contributed by atoms with van der Waals surface area (Å²) in [5.41, 5.74) is 3.50. The number of alkyl halides is 2. The molecule has 1 N–H and O–H groups in total. The van der Waals surface area contributed by atoms with Crippen LogP contribution in [0.25, 0.3) is 0 Å². The van der Waals surface area contributed by atoms with E-state index in [4.69, 9.17) is 0 Å². The third-order valence-corrected chi connectivity index (χ3v) is 3.73. The first-order valence-corrected chi connectivity index (χ1v) is 6.65. The van der Waals surface area contributed by atoms with Gasteiger partial charge in [0.15, 0.2) is 0 Å². The monoisotopic (exact) mass is 284 g/mol. The molecular formula is C13H14F2N2OS. The number of nitrogens with one attached hydrogen (secondary N) is 1. The van der Waals surface area contributed by atoms with E-state index in [0.29, 0.717) is 0 Å². The summed E-state index contributed by atoms with van der Waals surface area (Å²) >= 11 is 1.57. The lowest BCUT2D eigenvalue weighted by atomic mass is 10.2. The molecule has 0 aliphatic carbocycles. The normalized spacial score (nSPS) is 12.5. The van der Waals surface area contributed by atoms with Gasteiger partial charge in [-0.25, -0.2) is 4.98 Å². The highest BCUT2D eigenvalue weighted by Gasteiger charge is 2.11. The van der Waals surface area contributed by atoms with Crippen molar-refractivity contribution in [1.82, 2.24) is 4.98 Å². The third-order valence-electron chi connectivity index (χ3n) is 2.62. The Kier molecular flexibility index (Phi) is 4.31. The molecule has 2 aromatic rings. The first-order valence-electron chi connectivity index (χ1n) is 5.77. The molecule has 102 valence electrons. The molecule has 3 nitrogen and oxygen atoms in total. The second-order valence-corrected chi connectivity index (χ2v) is 4.96. The summed E-state index contributed by atoms with van der Waals surface area (Å²) in [5, 5.41) is 3.24. The van der Waals surface area contributed by atoms with E-state index < -0.39 is 6.61 Å². The third kappa shape index (κ3) is 3.64. The Hall–Kier alpha value is -1.69. The number of benzene rings is 1. The van der Waals surface area contributed by atoms with Gasteiger partial charge in [-0.05, 0) is 26.0 Å². The maximum absolute atomic E-state index is 12.1. The number of nitrogens with zero attached hydrogens (tertiary/aromatic N) is 1. The summed E-state index contributed by atoms with van der Waals surface area (Å²) in [6.07, 6.45) is 0. The average molecular weight is 284 g/mol. The van der Waals surface area contributed by atoms with E-state index in [2.05, 4.69) is 15.0 Å². The van der Waals surface area contributed by atoms with Gasteiger partial charge in [-0.1, -0.05) is 6.07 Å². The molecule has 6 heteroatoms. The first-order chi connectivity index (χ1) is 9.06. The summed E-state index contributed by atoms with van der Waals surface area (Å²) < 4.78 is 28.7. The number of anilines is 1. The van der Waals surface area contributed by atoms with Crippen LogP contribution in [0.15, 0.2) is 29.8 Å². The minimum Gasteiger partial charge on any atom is -0.435 e. The molecule has 1 unspecified atom stereocenters. The van der Waals surface area contributed by atoms with E-state index in [0.717, 1.165) is 16.3 Å². The number of hydrogen-bond acceptors (Lipinski definition) is 4. The van der Waals surface area contributed by atoms with Crippen molar-refractivity contribution in [3.8, 4) is 5.75 Å². The molecule has 1 heterocycles. The number of thiazole rings is 1. The van der Waals surface area contributed by atoms with E-state index in [-0.39, 0.29) is 11.8 Å². The van der Waals surface area contributed by atoms with Gasteiger partial charge in [-0.3, -0.25) is 0 Å². The zero-order valence-corrected chi connectivity index (χ0v) is 11.4. The number of aryl methyl sites for hydroxylation is 1. The Morgan fingerprint density at radius 1 is 1.37 bits per heavy atom. The van der Waals surface area contributed by atoms with Crippen LogP contribution in [0.1, 0.15) is 23.5 Å². The van der Waals surface area contributed by atoms with Crippen LogP contribution in [0.3, 0.4) is 0 Å². The zero-order valence-electron chi connectivity index (χ0n) is 10.6. The molecule has 0 amide bonds. The molecule has 0 aliphatic heterocycles. The highest BCUT2D eigenvalue weighted by Crippen LogP contribution is 2.27. The molecule has 0 aliphatic rings. The van der Waals surface area contributed by atoms with Crippen molar-refractivity contribution in [3.05, 3.63) is 40.3 Å². The second kappa shape index (κ2) is 5.97. The van der Waals surface area contributed by atoms with Crippen molar-refractivity contribution in [3.63, 3.8) is 0 Å². The van der Waals surface area contributed by atoms with Crippen molar-refractivity contribution >= 4 is 17.0 Å². The fourth-order valence-electron chi connectivity index (χ4n) is 1.80. The molecule has 0 fully saturated rings. The van der Waals surface area contributed by atoms with E-state index in [1.807, 2.05) is 19.9 Å². The van der Waals surface area contributed by atoms with Gasteiger partial charge >= 0.3 is 6.61 Å². The van der Waals surface area contributed by atoms with Gasteiger partial charge in [0.2, 0.25) is 0 Å². The molecule has 0 saturated heterocycles.